The van der Waals surface area contributed by atoms with E-state index in [1.807, 2.05) is 12.1 Å². The van der Waals surface area contributed by atoms with Crippen molar-refractivity contribution in [2.24, 2.45) is 5.73 Å². The molecule has 8 heteroatoms. The van der Waals surface area contributed by atoms with Crippen LogP contribution in [-0.2, 0) is 35.4 Å². The Morgan fingerprint density at radius 3 is 2.05 bits per heavy atom. The molecule has 208 valence electrons. The maximum Gasteiger partial charge on any atom is 0.303 e. The van der Waals surface area contributed by atoms with Gasteiger partial charge in [0.15, 0.2) is 0 Å². The number of carboxylic acids is 1. The first-order chi connectivity index (χ1) is 18.8. The number of aliphatic hydroxyl groups excluding tert-OH is 3. The minimum absolute atomic E-state index is 0.145. The van der Waals surface area contributed by atoms with Crippen LogP contribution in [0.15, 0.2) is 79.0 Å². The second kappa shape index (κ2) is 14.6. The molecular weight excluding hydrogens is 496 g/mol. The van der Waals surface area contributed by atoms with Crippen molar-refractivity contribution in [3.05, 3.63) is 101 Å². The molecule has 0 spiro atoms. The summed E-state index contributed by atoms with van der Waals surface area (Å²) in [5.74, 6) is -0.766. The van der Waals surface area contributed by atoms with Gasteiger partial charge in [-0.05, 0) is 65.8 Å². The van der Waals surface area contributed by atoms with Crippen LogP contribution in [0.2, 0.25) is 0 Å². The fourth-order valence-corrected chi connectivity index (χ4v) is 4.16. The number of rotatable bonds is 12. The number of fused-ring (bicyclic) bond motifs is 1. The first kappa shape index (κ1) is 30.0. The van der Waals surface area contributed by atoms with E-state index in [1.165, 1.54) is 16.5 Å². The van der Waals surface area contributed by atoms with Crippen molar-refractivity contribution in [1.82, 2.24) is 4.57 Å². The van der Waals surface area contributed by atoms with Gasteiger partial charge in [0.2, 0.25) is 0 Å². The summed E-state index contributed by atoms with van der Waals surface area (Å²) in [6.45, 7) is -0.609. The van der Waals surface area contributed by atoms with Gasteiger partial charge in [0.25, 0.3) is 0 Å². The number of ether oxygens (including phenoxy) is 1. The monoisotopic (exact) mass is 534 g/mol. The Balaban J connectivity index is 0.000000459. The van der Waals surface area contributed by atoms with E-state index in [2.05, 4.69) is 71.4 Å². The molecule has 0 unspecified atom stereocenters. The lowest BCUT2D eigenvalue weighted by atomic mass is 10.0. The Bertz CT molecular complexity index is 1310. The van der Waals surface area contributed by atoms with Gasteiger partial charge >= 0.3 is 5.97 Å². The number of benzene rings is 3. The predicted octanol–water partition coefficient (Wildman–Crippen LogP) is 3.24. The van der Waals surface area contributed by atoms with Crippen LogP contribution >= 0.6 is 0 Å². The van der Waals surface area contributed by atoms with Gasteiger partial charge in [0.1, 0.15) is 0 Å². The lowest BCUT2D eigenvalue weighted by molar-refractivity contribution is -0.136. The lowest BCUT2D eigenvalue weighted by Gasteiger charge is -2.20. The molecule has 0 bridgehead atoms. The highest BCUT2D eigenvalue weighted by Crippen LogP contribution is 2.28. The van der Waals surface area contributed by atoms with Crippen molar-refractivity contribution >= 4 is 16.9 Å². The molecule has 1 heterocycles. The molecule has 0 radical (unpaired) electrons. The molecule has 0 fully saturated rings. The van der Waals surface area contributed by atoms with E-state index < -0.39 is 31.3 Å². The van der Waals surface area contributed by atoms with Gasteiger partial charge in [-0.25, -0.2) is 0 Å². The van der Waals surface area contributed by atoms with Crippen molar-refractivity contribution in [2.75, 3.05) is 26.9 Å². The van der Waals surface area contributed by atoms with Gasteiger partial charge in [-0.3, -0.25) is 4.79 Å². The molecule has 0 aliphatic rings. The van der Waals surface area contributed by atoms with Crippen LogP contribution in [0.1, 0.15) is 28.7 Å². The zero-order valence-corrected chi connectivity index (χ0v) is 22.3. The molecule has 4 aromatic rings. The van der Waals surface area contributed by atoms with Crippen molar-refractivity contribution in [3.63, 3.8) is 0 Å². The number of methoxy groups -OCH3 is 1. The highest BCUT2D eigenvalue weighted by Gasteiger charge is 2.20. The van der Waals surface area contributed by atoms with Crippen LogP contribution in [0.25, 0.3) is 16.6 Å². The minimum atomic E-state index is -1.21. The third-order valence-corrected chi connectivity index (χ3v) is 6.57. The number of nitrogens with two attached hydrogens (primary N) is 1. The molecule has 0 saturated heterocycles. The minimum Gasteiger partial charge on any atom is -0.481 e. The Morgan fingerprint density at radius 1 is 0.846 bits per heavy atom. The summed E-state index contributed by atoms with van der Waals surface area (Å²) in [7, 11) is 1.70. The fraction of sp³-hybridized carbons (Fsp3) is 0.323. The summed E-state index contributed by atoms with van der Waals surface area (Å²) in [6, 6.07) is 25.2. The van der Waals surface area contributed by atoms with Crippen molar-refractivity contribution < 1.29 is 30.0 Å². The summed E-state index contributed by atoms with van der Waals surface area (Å²) in [5, 5.41) is 35.3. The Kier molecular flexibility index (Phi) is 11.2. The number of hydrogen-bond donors (Lipinski definition) is 5. The third kappa shape index (κ3) is 8.48. The third-order valence-electron chi connectivity index (χ3n) is 6.57. The van der Waals surface area contributed by atoms with E-state index in [4.69, 9.17) is 30.9 Å². The van der Waals surface area contributed by atoms with Gasteiger partial charge in [0.05, 0.1) is 37.5 Å². The molecule has 0 amide bonds. The van der Waals surface area contributed by atoms with E-state index in [0.29, 0.717) is 13.0 Å². The average molecular weight is 535 g/mol. The van der Waals surface area contributed by atoms with Gasteiger partial charge < -0.3 is 35.5 Å². The number of aliphatic carboxylic acids is 1. The number of hydrogen-bond acceptors (Lipinski definition) is 6. The van der Waals surface area contributed by atoms with Crippen LogP contribution in [0.3, 0.4) is 0 Å². The van der Waals surface area contributed by atoms with E-state index >= 15 is 0 Å². The number of aromatic nitrogens is 1. The largest absolute Gasteiger partial charge is 0.481 e. The van der Waals surface area contributed by atoms with Crippen LogP contribution in [0.5, 0.6) is 0 Å². The molecule has 4 rings (SSSR count). The average Bonchev–Trinajstić information content (AvgIpc) is 3.34. The molecule has 0 saturated carbocycles. The van der Waals surface area contributed by atoms with Gasteiger partial charge in [-0.2, -0.15) is 0 Å². The van der Waals surface area contributed by atoms with E-state index in [-0.39, 0.29) is 6.42 Å². The molecule has 8 nitrogen and oxygen atoms in total. The highest BCUT2D eigenvalue weighted by atomic mass is 16.5. The Labute approximate surface area is 228 Å². The van der Waals surface area contributed by atoms with Gasteiger partial charge in [-0.1, -0.05) is 48.5 Å². The number of carbonyl (C=O) groups is 1. The number of aryl methyl sites for hydroxylation is 3. The predicted molar refractivity (Wildman–Crippen MR) is 152 cm³/mol. The van der Waals surface area contributed by atoms with Crippen molar-refractivity contribution in [3.8, 4) is 5.69 Å². The zero-order chi connectivity index (χ0) is 28.3. The summed E-state index contributed by atoms with van der Waals surface area (Å²) in [5.41, 5.74) is 11.0. The summed E-state index contributed by atoms with van der Waals surface area (Å²) in [6.07, 6.45) is 4.80. The lowest BCUT2D eigenvalue weighted by Crippen LogP contribution is -2.50. The number of carboxylic acid groups (broad SMARTS) is 1. The standard InChI is InChI=1S/C27H27NO3.C4H11NO3/c1-31-19-22-8-13-24(14-9-22)28-18-23(12-7-20-5-3-2-4-6-20)25-17-21(10-15-26(25)28)11-16-27(29)30;5-4(1-6,2-7)3-8/h2-6,8-10,13-15,17-18H,7,11-12,16,19H2,1H3,(H,29,30);6-8H,1-3,5H2. The van der Waals surface area contributed by atoms with Crippen LogP contribution in [0.4, 0.5) is 0 Å². The molecule has 0 aliphatic heterocycles. The summed E-state index contributed by atoms with van der Waals surface area (Å²) in [4.78, 5) is 11.0. The normalized spacial score (nSPS) is 11.3. The summed E-state index contributed by atoms with van der Waals surface area (Å²) >= 11 is 0. The van der Waals surface area contributed by atoms with E-state index in [0.717, 1.165) is 35.2 Å². The first-order valence-electron chi connectivity index (χ1n) is 12.9. The maximum atomic E-state index is 11.0. The SMILES string of the molecule is COCc1ccc(-n2cc(CCc3ccccc3)c3cc(CCC(=O)O)ccc32)cc1.NC(CO)(CO)CO. The molecular formula is C31H38N2O6. The van der Waals surface area contributed by atoms with Crippen LogP contribution in [-0.4, -0.2) is 63.4 Å². The topological polar surface area (TPSA) is 138 Å². The molecule has 39 heavy (non-hydrogen) atoms. The molecule has 0 atom stereocenters. The van der Waals surface area contributed by atoms with Crippen molar-refractivity contribution in [1.29, 1.82) is 0 Å². The second-order valence-electron chi connectivity index (χ2n) is 9.69. The Hall–Kier alpha value is -3.53. The maximum absolute atomic E-state index is 11.0. The quantitative estimate of drug-likeness (QED) is 0.188. The Morgan fingerprint density at radius 2 is 1.49 bits per heavy atom. The van der Waals surface area contributed by atoms with Crippen LogP contribution in [0, 0.1) is 0 Å². The molecule has 0 aliphatic carbocycles. The van der Waals surface area contributed by atoms with Crippen molar-refractivity contribution in [2.45, 2.75) is 37.8 Å². The van der Waals surface area contributed by atoms with E-state index in [1.54, 1.807) is 7.11 Å². The smallest absolute Gasteiger partial charge is 0.303 e. The number of nitrogens with zero attached hydrogens (tertiary/aromatic N) is 1. The van der Waals surface area contributed by atoms with Gasteiger partial charge in [0, 0.05) is 30.8 Å². The van der Waals surface area contributed by atoms with Gasteiger partial charge in [-0.15, -0.1) is 0 Å². The summed E-state index contributed by atoms with van der Waals surface area (Å²) < 4.78 is 7.46. The number of aliphatic hydroxyl groups is 3. The highest BCUT2D eigenvalue weighted by molar-refractivity contribution is 5.86. The molecule has 1 aromatic heterocycles. The molecule has 6 N–H and O–H groups in total. The van der Waals surface area contributed by atoms with Crippen LogP contribution < -0.4 is 5.73 Å². The van der Waals surface area contributed by atoms with E-state index in [9.17, 15) is 4.79 Å². The fourth-order valence-electron chi connectivity index (χ4n) is 4.16. The molecule has 3 aromatic carbocycles. The zero-order valence-electron chi connectivity index (χ0n) is 22.3. The first-order valence-corrected chi connectivity index (χ1v) is 12.9. The second-order valence-corrected chi connectivity index (χ2v) is 9.69.